The van der Waals surface area contributed by atoms with Crippen molar-refractivity contribution >= 4 is 21.8 Å². The van der Waals surface area contributed by atoms with Gasteiger partial charge in [-0.15, -0.1) is 0 Å². The van der Waals surface area contributed by atoms with Crippen LogP contribution >= 0.6 is 15.9 Å². The van der Waals surface area contributed by atoms with Crippen LogP contribution in [-0.4, -0.2) is 66.2 Å². The molecule has 2 aromatic rings. The smallest absolute Gasteiger partial charge is 0.289 e. The first kappa shape index (κ1) is 18.0. The molecule has 1 fully saturated rings. The minimum Gasteiger partial charge on any atom is -0.491 e. The number of hydrogen-bond donors (Lipinski definition) is 1. The maximum atomic E-state index is 12.2. The topological polar surface area (TPSA) is 66.2 Å². The molecule has 0 saturated carbocycles. The fourth-order valence-electron chi connectivity index (χ4n) is 2.76. The number of amides is 1. The lowest BCUT2D eigenvalue weighted by Gasteiger charge is -2.35. The molecule has 0 aliphatic carbocycles. The molecule has 1 N–H and O–H groups in total. The van der Waals surface area contributed by atoms with E-state index in [0.29, 0.717) is 25.4 Å². The van der Waals surface area contributed by atoms with Gasteiger partial charge in [0.25, 0.3) is 5.91 Å². The Morgan fingerprint density at radius 1 is 1.20 bits per heavy atom. The molecule has 6 nitrogen and oxygen atoms in total. The normalized spacial score (nSPS) is 16.6. The quantitative estimate of drug-likeness (QED) is 0.793. The van der Waals surface area contributed by atoms with Crippen LogP contribution in [0.4, 0.5) is 0 Å². The van der Waals surface area contributed by atoms with E-state index in [1.165, 1.54) is 6.26 Å². The first-order chi connectivity index (χ1) is 12.1. The maximum absolute atomic E-state index is 12.2. The van der Waals surface area contributed by atoms with Crippen molar-refractivity contribution in [2.75, 3.05) is 39.3 Å². The molecular weight excluding hydrogens is 388 g/mol. The van der Waals surface area contributed by atoms with E-state index in [1.54, 1.807) is 17.0 Å². The predicted octanol–water partition coefficient (Wildman–Crippen LogP) is 2.24. The van der Waals surface area contributed by atoms with E-state index in [2.05, 4.69) is 20.8 Å². The molecule has 134 valence electrons. The predicted molar refractivity (Wildman–Crippen MR) is 96.7 cm³/mol. The molecular formula is C18H21BrN2O4. The Kier molecular flexibility index (Phi) is 6.12. The Morgan fingerprint density at radius 2 is 1.92 bits per heavy atom. The molecule has 1 amide bonds. The number of furan rings is 1. The third-order valence-corrected chi connectivity index (χ3v) is 4.65. The van der Waals surface area contributed by atoms with Gasteiger partial charge in [0.15, 0.2) is 5.76 Å². The van der Waals surface area contributed by atoms with Crippen LogP contribution < -0.4 is 4.74 Å². The number of benzene rings is 1. The van der Waals surface area contributed by atoms with Crippen LogP contribution in [0.25, 0.3) is 0 Å². The average molecular weight is 409 g/mol. The molecule has 0 radical (unpaired) electrons. The number of piperazine rings is 1. The maximum Gasteiger partial charge on any atom is 0.289 e. The van der Waals surface area contributed by atoms with Crippen LogP contribution in [0.3, 0.4) is 0 Å². The van der Waals surface area contributed by atoms with Gasteiger partial charge in [0.05, 0.1) is 6.26 Å². The first-order valence-corrected chi connectivity index (χ1v) is 9.02. The third kappa shape index (κ3) is 5.07. The second kappa shape index (κ2) is 8.51. The number of carbonyl (C=O) groups excluding carboxylic acids is 1. The highest BCUT2D eigenvalue weighted by atomic mass is 79.9. The van der Waals surface area contributed by atoms with Gasteiger partial charge in [-0.1, -0.05) is 15.9 Å². The fourth-order valence-corrected chi connectivity index (χ4v) is 3.03. The minimum absolute atomic E-state index is 0.0798. The number of aliphatic hydroxyl groups is 1. The number of nitrogens with zero attached hydrogens (tertiary/aromatic N) is 2. The number of β-amino-alcohol motifs (C(OH)–C–C–N with tert-alkyl or cyclic N) is 1. The van der Waals surface area contributed by atoms with Gasteiger partial charge in [0.1, 0.15) is 18.5 Å². The van der Waals surface area contributed by atoms with Gasteiger partial charge in [-0.2, -0.15) is 0 Å². The summed E-state index contributed by atoms with van der Waals surface area (Å²) in [7, 11) is 0. The average Bonchev–Trinajstić information content (AvgIpc) is 3.16. The number of carbonyl (C=O) groups is 1. The summed E-state index contributed by atoms with van der Waals surface area (Å²) >= 11 is 3.37. The van der Waals surface area contributed by atoms with Crippen LogP contribution in [0.2, 0.25) is 0 Å². The molecule has 3 rings (SSSR count). The van der Waals surface area contributed by atoms with E-state index >= 15 is 0 Å². The minimum atomic E-state index is -0.573. The van der Waals surface area contributed by atoms with Crippen molar-refractivity contribution < 1.29 is 19.1 Å². The summed E-state index contributed by atoms with van der Waals surface area (Å²) < 4.78 is 11.7. The van der Waals surface area contributed by atoms with Gasteiger partial charge in [0, 0.05) is 37.2 Å². The summed E-state index contributed by atoms with van der Waals surface area (Å²) in [6.45, 7) is 3.47. The van der Waals surface area contributed by atoms with Crippen LogP contribution in [0.15, 0.2) is 51.6 Å². The zero-order valence-corrected chi connectivity index (χ0v) is 15.4. The van der Waals surface area contributed by atoms with E-state index in [4.69, 9.17) is 9.15 Å². The highest BCUT2D eigenvalue weighted by molar-refractivity contribution is 9.10. The van der Waals surface area contributed by atoms with Crippen molar-refractivity contribution in [2.24, 2.45) is 0 Å². The summed E-state index contributed by atoms with van der Waals surface area (Å²) in [4.78, 5) is 16.1. The summed E-state index contributed by atoms with van der Waals surface area (Å²) in [6.07, 6.45) is 0.932. The zero-order valence-electron chi connectivity index (χ0n) is 13.8. The van der Waals surface area contributed by atoms with Gasteiger partial charge >= 0.3 is 0 Å². The molecule has 2 heterocycles. The summed E-state index contributed by atoms with van der Waals surface area (Å²) in [5.41, 5.74) is 0. The van der Waals surface area contributed by atoms with Gasteiger partial charge in [0.2, 0.25) is 0 Å². The molecule has 1 aliphatic heterocycles. The number of rotatable bonds is 6. The SMILES string of the molecule is O=C(c1ccco1)N1CCN(C[C@H](O)COc2ccc(Br)cc2)CC1. The zero-order chi connectivity index (χ0) is 17.6. The van der Waals surface area contributed by atoms with Gasteiger partial charge in [-0.05, 0) is 36.4 Å². The molecule has 7 heteroatoms. The molecule has 0 bridgehead atoms. The molecule has 25 heavy (non-hydrogen) atoms. The lowest BCUT2D eigenvalue weighted by Crippen LogP contribution is -2.50. The summed E-state index contributed by atoms with van der Waals surface area (Å²) in [6, 6.07) is 10.9. The fraction of sp³-hybridized carbons (Fsp3) is 0.389. The van der Waals surface area contributed by atoms with Crippen LogP contribution in [0.5, 0.6) is 5.75 Å². The molecule has 1 aliphatic rings. The number of ether oxygens (including phenoxy) is 1. The van der Waals surface area contributed by atoms with E-state index < -0.39 is 6.10 Å². The largest absolute Gasteiger partial charge is 0.491 e. The van der Waals surface area contributed by atoms with Crippen molar-refractivity contribution in [3.63, 3.8) is 0 Å². The lowest BCUT2D eigenvalue weighted by molar-refractivity contribution is 0.0389. The number of hydrogen-bond acceptors (Lipinski definition) is 5. The van der Waals surface area contributed by atoms with Gasteiger partial charge < -0.3 is 19.2 Å². The standard InChI is InChI=1S/C18H21BrN2O4/c19-14-3-5-16(6-4-14)25-13-15(22)12-20-7-9-21(10-8-20)18(23)17-2-1-11-24-17/h1-6,11,15,22H,7-10,12-13H2/t15-/m0/s1. The Hall–Kier alpha value is -1.83. The Balaban J connectivity index is 1.39. The Bertz CT molecular complexity index is 667. The van der Waals surface area contributed by atoms with Crippen molar-refractivity contribution in [1.82, 2.24) is 9.80 Å². The Morgan fingerprint density at radius 3 is 2.56 bits per heavy atom. The van der Waals surface area contributed by atoms with E-state index in [0.717, 1.165) is 23.3 Å². The lowest BCUT2D eigenvalue weighted by atomic mass is 10.2. The van der Waals surface area contributed by atoms with E-state index in [9.17, 15) is 9.90 Å². The summed E-state index contributed by atoms with van der Waals surface area (Å²) in [5, 5.41) is 10.2. The van der Waals surface area contributed by atoms with Gasteiger partial charge in [-0.3, -0.25) is 9.69 Å². The highest BCUT2D eigenvalue weighted by Crippen LogP contribution is 2.16. The molecule has 1 atom stereocenters. The van der Waals surface area contributed by atoms with Gasteiger partial charge in [-0.25, -0.2) is 0 Å². The second-order valence-electron chi connectivity index (χ2n) is 5.99. The summed E-state index contributed by atoms with van der Waals surface area (Å²) in [5.74, 6) is 1.02. The van der Waals surface area contributed by atoms with E-state index in [1.807, 2.05) is 24.3 Å². The van der Waals surface area contributed by atoms with E-state index in [-0.39, 0.29) is 12.5 Å². The van der Waals surface area contributed by atoms with Crippen molar-refractivity contribution in [2.45, 2.75) is 6.10 Å². The molecule has 1 aromatic carbocycles. The first-order valence-electron chi connectivity index (χ1n) is 8.23. The second-order valence-corrected chi connectivity index (χ2v) is 6.90. The molecule has 1 aromatic heterocycles. The van der Waals surface area contributed by atoms with Crippen LogP contribution in [-0.2, 0) is 0 Å². The van der Waals surface area contributed by atoms with Crippen molar-refractivity contribution in [3.05, 3.63) is 52.9 Å². The van der Waals surface area contributed by atoms with Crippen LogP contribution in [0.1, 0.15) is 10.6 Å². The third-order valence-electron chi connectivity index (χ3n) is 4.12. The Labute approximate surface area is 155 Å². The number of aliphatic hydroxyl groups excluding tert-OH is 1. The monoisotopic (exact) mass is 408 g/mol. The van der Waals surface area contributed by atoms with Crippen molar-refractivity contribution in [3.8, 4) is 5.75 Å². The molecule has 0 unspecified atom stereocenters. The molecule has 1 saturated heterocycles. The highest BCUT2D eigenvalue weighted by Gasteiger charge is 2.24. The number of halogens is 1. The molecule has 0 spiro atoms. The van der Waals surface area contributed by atoms with Crippen molar-refractivity contribution in [1.29, 1.82) is 0 Å². The van der Waals surface area contributed by atoms with Crippen LogP contribution in [0, 0.1) is 0 Å².